The summed E-state index contributed by atoms with van der Waals surface area (Å²) in [4.78, 5) is 4.20. The molecule has 0 atom stereocenters. The number of aromatic nitrogens is 1. The van der Waals surface area contributed by atoms with Gasteiger partial charge in [0, 0.05) is 16.8 Å². The van der Waals surface area contributed by atoms with Gasteiger partial charge in [-0.15, -0.1) is 0 Å². The summed E-state index contributed by atoms with van der Waals surface area (Å²) in [5.41, 5.74) is 2.87. The van der Waals surface area contributed by atoms with Crippen LogP contribution in [-0.2, 0) is 6.61 Å². The first-order valence-corrected chi connectivity index (χ1v) is 8.08. The van der Waals surface area contributed by atoms with E-state index in [4.69, 9.17) is 32.7 Å². The number of benzene rings is 2. The van der Waals surface area contributed by atoms with Gasteiger partial charge in [0.1, 0.15) is 12.4 Å². The molecule has 0 amide bonds. The minimum absolute atomic E-state index is 0.328. The maximum Gasteiger partial charge on any atom is 0.171 e. The van der Waals surface area contributed by atoms with E-state index in [0.29, 0.717) is 22.5 Å². The van der Waals surface area contributed by atoms with Crippen LogP contribution in [0.25, 0.3) is 11.1 Å². The van der Waals surface area contributed by atoms with Gasteiger partial charge >= 0.3 is 0 Å². The number of halogens is 2. The molecule has 0 bridgehead atoms. The maximum absolute atomic E-state index is 6.15. The van der Waals surface area contributed by atoms with Crippen molar-refractivity contribution >= 4 is 23.2 Å². The Morgan fingerprint density at radius 1 is 0.958 bits per heavy atom. The summed E-state index contributed by atoms with van der Waals surface area (Å²) in [7, 11) is 1.64. The van der Waals surface area contributed by atoms with Crippen molar-refractivity contribution in [3.05, 3.63) is 76.5 Å². The second kappa shape index (κ2) is 7.56. The molecule has 2 aromatic carbocycles. The SMILES string of the molecule is COc1ccc(COc2cc(-c3cccc(Cl)c3)cnc2Cl)cc1. The zero-order valence-electron chi connectivity index (χ0n) is 13.0. The zero-order valence-corrected chi connectivity index (χ0v) is 14.5. The molecule has 1 aromatic heterocycles. The molecule has 0 N–H and O–H groups in total. The van der Waals surface area contributed by atoms with Crippen molar-refractivity contribution in [2.24, 2.45) is 0 Å². The Morgan fingerprint density at radius 3 is 2.46 bits per heavy atom. The summed E-state index contributed by atoms with van der Waals surface area (Å²) in [6.45, 7) is 0.393. The van der Waals surface area contributed by atoms with Crippen LogP contribution in [0.2, 0.25) is 10.2 Å². The van der Waals surface area contributed by atoms with Crippen LogP contribution < -0.4 is 9.47 Å². The fourth-order valence-electron chi connectivity index (χ4n) is 2.24. The topological polar surface area (TPSA) is 31.4 Å². The normalized spacial score (nSPS) is 10.5. The lowest BCUT2D eigenvalue weighted by atomic mass is 10.1. The number of nitrogens with zero attached hydrogens (tertiary/aromatic N) is 1. The summed E-state index contributed by atoms with van der Waals surface area (Å²) < 4.78 is 11.0. The van der Waals surface area contributed by atoms with E-state index in [1.165, 1.54) is 0 Å². The van der Waals surface area contributed by atoms with Gasteiger partial charge < -0.3 is 9.47 Å². The minimum Gasteiger partial charge on any atom is -0.497 e. The Balaban J connectivity index is 1.78. The number of hydrogen-bond donors (Lipinski definition) is 0. The van der Waals surface area contributed by atoms with Crippen molar-refractivity contribution in [1.29, 1.82) is 0 Å². The Kier molecular flexibility index (Phi) is 5.24. The molecular weight excluding hydrogens is 345 g/mol. The first-order valence-electron chi connectivity index (χ1n) is 7.33. The minimum atomic E-state index is 0.328. The van der Waals surface area contributed by atoms with E-state index in [-0.39, 0.29) is 0 Å². The molecule has 0 aliphatic rings. The lowest BCUT2D eigenvalue weighted by Crippen LogP contribution is -1.97. The highest BCUT2D eigenvalue weighted by Gasteiger charge is 2.08. The van der Waals surface area contributed by atoms with E-state index in [1.54, 1.807) is 13.3 Å². The van der Waals surface area contributed by atoms with Crippen molar-refractivity contribution in [3.8, 4) is 22.6 Å². The molecule has 0 radical (unpaired) electrons. The standard InChI is InChI=1S/C19H15Cl2NO2/c1-23-17-7-5-13(6-8-17)12-24-18-10-15(11-22-19(18)21)14-3-2-4-16(20)9-14/h2-11H,12H2,1H3. The van der Waals surface area contributed by atoms with Gasteiger partial charge in [0.05, 0.1) is 7.11 Å². The van der Waals surface area contributed by atoms with E-state index in [9.17, 15) is 0 Å². The Hall–Kier alpha value is -2.23. The average molecular weight is 360 g/mol. The molecule has 3 aromatic rings. The predicted octanol–water partition coefficient (Wildman–Crippen LogP) is 5.64. The van der Waals surface area contributed by atoms with Crippen LogP contribution in [0.5, 0.6) is 11.5 Å². The average Bonchev–Trinajstić information content (AvgIpc) is 2.61. The smallest absolute Gasteiger partial charge is 0.171 e. The van der Waals surface area contributed by atoms with Gasteiger partial charge in [-0.1, -0.05) is 47.5 Å². The third-order valence-electron chi connectivity index (χ3n) is 3.52. The van der Waals surface area contributed by atoms with Gasteiger partial charge in [-0.3, -0.25) is 0 Å². The summed E-state index contributed by atoms with van der Waals surface area (Å²) in [5, 5.41) is 0.998. The fourth-order valence-corrected chi connectivity index (χ4v) is 2.59. The van der Waals surface area contributed by atoms with E-state index in [0.717, 1.165) is 22.4 Å². The summed E-state index contributed by atoms with van der Waals surface area (Å²) in [6.07, 6.45) is 1.70. The second-order valence-electron chi connectivity index (χ2n) is 5.16. The zero-order chi connectivity index (χ0) is 16.9. The molecule has 5 heteroatoms. The first-order chi connectivity index (χ1) is 11.7. The van der Waals surface area contributed by atoms with Crippen LogP contribution in [0.15, 0.2) is 60.8 Å². The molecule has 0 spiro atoms. The van der Waals surface area contributed by atoms with Crippen LogP contribution in [0, 0.1) is 0 Å². The molecule has 0 aliphatic carbocycles. The van der Waals surface area contributed by atoms with Crippen molar-refractivity contribution in [2.45, 2.75) is 6.61 Å². The van der Waals surface area contributed by atoms with Crippen LogP contribution >= 0.6 is 23.2 Å². The molecular formula is C19H15Cl2NO2. The highest BCUT2D eigenvalue weighted by molar-refractivity contribution is 6.31. The first kappa shape index (κ1) is 16.6. The number of ether oxygens (including phenoxy) is 2. The monoisotopic (exact) mass is 359 g/mol. The molecule has 3 rings (SSSR count). The molecule has 1 heterocycles. The van der Waals surface area contributed by atoms with Gasteiger partial charge in [0.15, 0.2) is 10.9 Å². The molecule has 0 unspecified atom stereocenters. The van der Waals surface area contributed by atoms with E-state index < -0.39 is 0 Å². The van der Waals surface area contributed by atoms with E-state index in [1.807, 2.05) is 54.6 Å². The quantitative estimate of drug-likeness (QED) is 0.552. The van der Waals surface area contributed by atoms with Crippen molar-refractivity contribution in [2.75, 3.05) is 7.11 Å². The van der Waals surface area contributed by atoms with Crippen molar-refractivity contribution in [3.63, 3.8) is 0 Å². The number of pyridine rings is 1. The molecule has 122 valence electrons. The molecule has 0 saturated heterocycles. The number of rotatable bonds is 5. The summed E-state index contributed by atoms with van der Waals surface area (Å²) in [5.74, 6) is 1.34. The van der Waals surface area contributed by atoms with Gasteiger partial charge in [0.2, 0.25) is 0 Å². The van der Waals surface area contributed by atoms with Crippen LogP contribution in [0.4, 0.5) is 0 Å². The van der Waals surface area contributed by atoms with E-state index in [2.05, 4.69) is 4.98 Å². The molecule has 0 aliphatic heterocycles. The molecule has 0 saturated carbocycles. The van der Waals surface area contributed by atoms with Crippen molar-refractivity contribution < 1.29 is 9.47 Å². The van der Waals surface area contributed by atoms with Crippen LogP contribution in [0.1, 0.15) is 5.56 Å². The maximum atomic E-state index is 6.15. The summed E-state index contributed by atoms with van der Waals surface area (Å²) >= 11 is 12.2. The highest BCUT2D eigenvalue weighted by Crippen LogP contribution is 2.30. The molecule has 0 fully saturated rings. The summed E-state index contributed by atoms with van der Waals surface area (Å²) in [6, 6.07) is 17.1. The Morgan fingerprint density at radius 2 is 1.75 bits per heavy atom. The highest BCUT2D eigenvalue weighted by atomic mass is 35.5. The van der Waals surface area contributed by atoms with E-state index >= 15 is 0 Å². The van der Waals surface area contributed by atoms with Gasteiger partial charge in [-0.25, -0.2) is 4.98 Å². The third kappa shape index (κ3) is 3.99. The predicted molar refractivity (Wildman–Crippen MR) is 97.0 cm³/mol. The molecule has 24 heavy (non-hydrogen) atoms. The number of hydrogen-bond acceptors (Lipinski definition) is 3. The Labute approximate surface area is 150 Å². The van der Waals surface area contributed by atoms with Crippen LogP contribution in [0.3, 0.4) is 0 Å². The van der Waals surface area contributed by atoms with Crippen molar-refractivity contribution in [1.82, 2.24) is 4.98 Å². The van der Waals surface area contributed by atoms with Gasteiger partial charge in [-0.2, -0.15) is 0 Å². The largest absolute Gasteiger partial charge is 0.497 e. The fraction of sp³-hybridized carbons (Fsp3) is 0.105. The van der Waals surface area contributed by atoms with Crippen LogP contribution in [-0.4, -0.2) is 12.1 Å². The van der Waals surface area contributed by atoms with Gasteiger partial charge in [-0.05, 0) is 41.5 Å². The molecule has 3 nitrogen and oxygen atoms in total. The Bertz CT molecular complexity index is 835. The second-order valence-corrected chi connectivity index (χ2v) is 5.95. The third-order valence-corrected chi connectivity index (χ3v) is 4.04. The van der Waals surface area contributed by atoms with Gasteiger partial charge in [0.25, 0.3) is 0 Å². The lowest BCUT2D eigenvalue weighted by Gasteiger charge is -2.10. The number of methoxy groups -OCH3 is 1. The lowest BCUT2D eigenvalue weighted by molar-refractivity contribution is 0.305.